The van der Waals surface area contributed by atoms with Crippen molar-refractivity contribution < 1.29 is 17.9 Å². The summed E-state index contributed by atoms with van der Waals surface area (Å²) < 4.78 is 36.0. The Labute approximate surface area is 175 Å². The van der Waals surface area contributed by atoms with E-state index in [4.69, 9.17) is 10.5 Å². The number of esters is 1. The lowest BCUT2D eigenvalue weighted by molar-refractivity contribution is -0.158. The molecule has 0 aliphatic heterocycles. The number of fused-ring (bicyclic) bond motifs is 3. The molecule has 0 aliphatic carbocycles. The quantitative estimate of drug-likeness (QED) is 0.461. The first-order valence-electron chi connectivity index (χ1n) is 9.34. The van der Waals surface area contributed by atoms with E-state index in [9.17, 15) is 13.2 Å². The van der Waals surface area contributed by atoms with E-state index in [0.717, 1.165) is 20.2 Å². The maximum absolute atomic E-state index is 13.0. The van der Waals surface area contributed by atoms with E-state index in [1.54, 1.807) is 70.2 Å². The molecular formula is C21H26N2O4S2. The molecule has 3 N–H and O–H groups in total. The lowest BCUT2D eigenvalue weighted by atomic mass is 10.1. The zero-order valence-corrected chi connectivity index (χ0v) is 18.8. The molecule has 0 saturated carbocycles. The van der Waals surface area contributed by atoms with Crippen LogP contribution in [0.15, 0.2) is 41.3 Å². The predicted octanol–water partition coefficient (Wildman–Crippen LogP) is 4.28. The van der Waals surface area contributed by atoms with E-state index in [2.05, 4.69) is 4.72 Å². The highest BCUT2D eigenvalue weighted by Gasteiger charge is 2.32. The van der Waals surface area contributed by atoms with Gasteiger partial charge in [0, 0.05) is 25.9 Å². The highest BCUT2D eigenvalue weighted by atomic mass is 32.2. The number of hydrogen-bond acceptors (Lipinski definition) is 6. The standard InChI is InChI=1S/C21H26N2O4S2/c1-12(2)19(20(24)27-21(3,4)5)23-29(25,26)14-7-9-17-16(11-14)15-8-6-13(22)10-18(15)28-17/h6-12,19,23H,22H2,1-5H3/t19-/m0/s1. The second-order valence-electron chi connectivity index (χ2n) is 8.39. The summed E-state index contributed by atoms with van der Waals surface area (Å²) in [5.41, 5.74) is 5.82. The Morgan fingerprint density at radius 2 is 1.76 bits per heavy atom. The molecule has 3 aromatic rings. The molecule has 156 valence electrons. The second-order valence-corrected chi connectivity index (χ2v) is 11.2. The van der Waals surface area contributed by atoms with Crippen LogP contribution in [0.1, 0.15) is 34.6 Å². The Kier molecular flexibility index (Phi) is 5.64. The van der Waals surface area contributed by atoms with Crippen molar-refractivity contribution in [1.29, 1.82) is 0 Å². The number of nitrogens with two attached hydrogens (primary N) is 1. The third kappa shape index (κ3) is 4.71. The Balaban J connectivity index is 1.98. The first-order valence-corrected chi connectivity index (χ1v) is 11.6. The zero-order valence-electron chi connectivity index (χ0n) is 17.1. The number of benzene rings is 2. The van der Waals surface area contributed by atoms with Crippen molar-refractivity contribution in [2.75, 3.05) is 5.73 Å². The molecule has 0 aliphatic rings. The number of hydrogen-bond donors (Lipinski definition) is 2. The molecule has 2 aromatic carbocycles. The van der Waals surface area contributed by atoms with Gasteiger partial charge in [0.05, 0.1) is 4.90 Å². The van der Waals surface area contributed by atoms with Crippen LogP contribution in [0.4, 0.5) is 5.69 Å². The normalized spacial score (nSPS) is 13.9. The van der Waals surface area contributed by atoms with Gasteiger partial charge in [0.25, 0.3) is 0 Å². The molecule has 1 atom stereocenters. The summed E-state index contributed by atoms with van der Waals surface area (Å²) >= 11 is 1.56. The largest absolute Gasteiger partial charge is 0.459 e. The van der Waals surface area contributed by atoms with Crippen molar-refractivity contribution in [1.82, 2.24) is 4.72 Å². The molecule has 0 bridgehead atoms. The van der Waals surface area contributed by atoms with E-state index in [1.165, 1.54) is 0 Å². The number of nitrogens with one attached hydrogen (secondary N) is 1. The fourth-order valence-electron chi connectivity index (χ4n) is 3.00. The average Bonchev–Trinajstić information content (AvgIpc) is 2.94. The summed E-state index contributed by atoms with van der Waals surface area (Å²) in [6, 6.07) is 9.56. The molecule has 8 heteroatoms. The number of rotatable bonds is 5. The topological polar surface area (TPSA) is 98.5 Å². The maximum atomic E-state index is 13.0. The lowest BCUT2D eigenvalue weighted by Gasteiger charge is -2.26. The van der Waals surface area contributed by atoms with Crippen molar-refractivity contribution >= 4 is 53.2 Å². The SMILES string of the molecule is CC(C)[C@H](NS(=O)(=O)c1ccc2sc3cc(N)ccc3c2c1)C(=O)OC(C)(C)C. The minimum absolute atomic E-state index is 0.107. The van der Waals surface area contributed by atoms with Crippen molar-refractivity contribution in [3.63, 3.8) is 0 Å². The third-order valence-corrected chi connectivity index (χ3v) is 6.96. The number of anilines is 1. The van der Waals surface area contributed by atoms with Gasteiger partial charge in [-0.3, -0.25) is 4.79 Å². The van der Waals surface area contributed by atoms with Crippen molar-refractivity contribution in [3.05, 3.63) is 36.4 Å². The molecule has 0 saturated heterocycles. The Morgan fingerprint density at radius 3 is 2.38 bits per heavy atom. The molecular weight excluding hydrogens is 408 g/mol. The summed E-state index contributed by atoms with van der Waals surface area (Å²) in [4.78, 5) is 12.6. The first-order chi connectivity index (χ1) is 13.4. The first kappa shape index (κ1) is 21.5. The van der Waals surface area contributed by atoms with Crippen LogP contribution in [0, 0.1) is 5.92 Å². The fourth-order valence-corrected chi connectivity index (χ4v) is 5.49. The van der Waals surface area contributed by atoms with E-state index < -0.39 is 27.6 Å². The van der Waals surface area contributed by atoms with Crippen molar-refractivity contribution in [2.24, 2.45) is 5.92 Å². The van der Waals surface area contributed by atoms with Crippen molar-refractivity contribution in [3.8, 4) is 0 Å². The Morgan fingerprint density at radius 1 is 1.07 bits per heavy atom. The van der Waals surface area contributed by atoms with Gasteiger partial charge in [-0.1, -0.05) is 19.9 Å². The number of thiophene rings is 1. The monoisotopic (exact) mass is 434 g/mol. The highest BCUT2D eigenvalue weighted by Crippen LogP contribution is 2.36. The summed E-state index contributed by atoms with van der Waals surface area (Å²) in [6.45, 7) is 8.80. The number of nitrogen functional groups attached to an aromatic ring is 1. The Bertz CT molecular complexity index is 1170. The zero-order chi connectivity index (χ0) is 21.6. The van der Waals surface area contributed by atoms with Crippen LogP contribution in [-0.4, -0.2) is 26.0 Å². The van der Waals surface area contributed by atoms with E-state index in [-0.39, 0.29) is 10.8 Å². The van der Waals surface area contributed by atoms with Gasteiger partial charge in [0.2, 0.25) is 10.0 Å². The summed E-state index contributed by atoms with van der Waals surface area (Å²) in [5.74, 6) is -0.859. The molecule has 0 unspecified atom stereocenters. The van der Waals surface area contributed by atoms with Crippen LogP contribution in [0.3, 0.4) is 0 Å². The van der Waals surface area contributed by atoms with Crippen molar-refractivity contribution in [2.45, 2.75) is 51.2 Å². The molecule has 3 rings (SSSR count). The Hall–Kier alpha value is -2.16. The number of ether oxygens (including phenoxy) is 1. The number of carbonyl (C=O) groups is 1. The molecule has 29 heavy (non-hydrogen) atoms. The van der Waals surface area contributed by atoms with Crippen LogP contribution in [0.2, 0.25) is 0 Å². The summed E-state index contributed by atoms with van der Waals surface area (Å²) in [7, 11) is -3.92. The summed E-state index contributed by atoms with van der Waals surface area (Å²) in [6.07, 6.45) is 0. The van der Waals surface area contributed by atoms with Crippen LogP contribution in [0.25, 0.3) is 20.2 Å². The molecule has 1 heterocycles. The number of carbonyl (C=O) groups excluding carboxylic acids is 1. The number of sulfonamides is 1. The van der Waals surface area contributed by atoms with Gasteiger partial charge in [-0.25, -0.2) is 8.42 Å². The average molecular weight is 435 g/mol. The smallest absolute Gasteiger partial charge is 0.324 e. The van der Waals surface area contributed by atoms with Crippen LogP contribution < -0.4 is 10.5 Å². The molecule has 0 amide bonds. The van der Waals surface area contributed by atoms with Gasteiger partial charge >= 0.3 is 5.97 Å². The van der Waals surface area contributed by atoms with Gasteiger partial charge in [-0.2, -0.15) is 4.72 Å². The fraction of sp³-hybridized carbons (Fsp3) is 0.381. The van der Waals surface area contributed by atoms with E-state index >= 15 is 0 Å². The van der Waals surface area contributed by atoms with Gasteiger partial charge in [-0.15, -0.1) is 11.3 Å². The molecule has 0 radical (unpaired) electrons. The van der Waals surface area contributed by atoms with E-state index in [1.807, 2.05) is 12.1 Å². The predicted molar refractivity (Wildman–Crippen MR) is 119 cm³/mol. The second kappa shape index (κ2) is 7.59. The van der Waals surface area contributed by atoms with Crippen LogP contribution in [-0.2, 0) is 19.6 Å². The molecule has 6 nitrogen and oxygen atoms in total. The van der Waals surface area contributed by atoms with Gasteiger partial charge < -0.3 is 10.5 Å². The minimum Gasteiger partial charge on any atom is -0.459 e. The third-order valence-electron chi connectivity index (χ3n) is 4.39. The molecule has 1 aromatic heterocycles. The molecule has 0 fully saturated rings. The highest BCUT2D eigenvalue weighted by molar-refractivity contribution is 7.89. The summed E-state index contributed by atoms with van der Waals surface area (Å²) in [5, 5.41) is 1.79. The van der Waals surface area contributed by atoms with Gasteiger partial charge in [-0.05, 0) is 57.0 Å². The van der Waals surface area contributed by atoms with Crippen LogP contribution >= 0.6 is 11.3 Å². The maximum Gasteiger partial charge on any atom is 0.324 e. The van der Waals surface area contributed by atoms with Gasteiger partial charge in [0.15, 0.2) is 0 Å². The van der Waals surface area contributed by atoms with Crippen LogP contribution in [0.5, 0.6) is 0 Å². The lowest BCUT2D eigenvalue weighted by Crippen LogP contribution is -2.47. The minimum atomic E-state index is -3.92. The van der Waals surface area contributed by atoms with E-state index in [0.29, 0.717) is 5.69 Å². The molecule has 0 spiro atoms. The van der Waals surface area contributed by atoms with Gasteiger partial charge in [0.1, 0.15) is 11.6 Å².